The number of nitrogens with one attached hydrogen (secondary N) is 1. The van der Waals surface area contributed by atoms with Crippen molar-refractivity contribution in [3.63, 3.8) is 0 Å². The Morgan fingerprint density at radius 2 is 2.20 bits per heavy atom. The number of amides is 1. The molecule has 0 aliphatic carbocycles. The van der Waals surface area contributed by atoms with Crippen molar-refractivity contribution < 1.29 is 19.4 Å². The lowest BCUT2D eigenvalue weighted by molar-refractivity contribution is -0.149. The molecule has 0 saturated carbocycles. The zero-order valence-corrected chi connectivity index (χ0v) is 12.2. The van der Waals surface area contributed by atoms with E-state index in [1.54, 1.807) is 18.2 Å². The highest BCUT2D eigenvalue weighted by Crippen LogP contribution is 2.21. The van der Waals surface area contributed by atoms with E-state index in [0.29, 0.717) is 28.6 Å². The Morgan fingerprint density at radius 1 is 1.45 bits per heavy atom. The average Bonchev–Trinajstić information content (AvgIpc) is 2.88. The van der Waals surface area contributed by atoms with Gasteiger partial charge in [0.25, 0.3) is 5.91 Å². The second-order valence-electron chi connectivity index (χ2n) is 4.61. The molecule has 108 valence electrons. The molecule has 0 spiro atoms. The second kappa shape index (κ2) is 6.23. The molecule has 6 nitrogen and oxygen atoms in total. The van der Waals surface area contributed by atoms with Crippen molar-refractivity contribution in [2.45, 2.75) is 25.0 Å². The topological polar surface area (TPSA) is 102 Å². The SMILES string of the molecule is Nc1ccc(Br)c(C(=O)NCC2CCC(C(=O)O)O2)c1. The van der Waals surface area contributed by atoms with Gasteiger partial charge < -0.3 is 20.9 Å². The Balaban J connectivity index is 1.90. The lowest BCUT2D eigenvalue weighted by atomic mass is 10.1. The Labute approximate surface area is 124 Å². The Morgan fingerprint density at radius 3 is 2.85 bits per heavy atom. The number of anilines is 1. The van der Waals surface area contributed by atoms with Crippen molar-refractivity contribution in [3.8, 4) is 0 Å². The maximum Gasteiger partial charge on any atom is 0.332 e. The molecule has 1 aliphatic heterocycles. The van der Waals surface area contributed by atoms with Crippen LogP contribution in [-0.2, 0) is 9.53 Å². The number of ether oxygens (including phenoxy) is 1. The summed E-state index contributed by atoms with van der Waals surface area (Å²) in [5.41, 5.74) is 6.59. The molecule has 2 atom stereocenters. The second-order valence-corrected chi connectivity index (χ2v) is 5.47. The highest BCUT2D eigenvalue weighted by Gasteiger charge is 2.30. The lowest BCUT2D eigenvalue weighted by Crippen LogP contribution is -2.33. The van der Waals surface area contributed by atoms with E-state index in [1.165, 1.54) is 0 Å². The van der Waals surface area contributed by atoms with Gasteiger partial charge >= 0.3 is 5.97 Å². The van der Waals surface area contributed by atoms with Crippen LogP contribution in [0.3, 0.4) is 0 Å². The van der Waals surface area contributed by atoms with E-state index in [9.17, 15) is 9.59 Å². The fraction of sp³-hybridized carbons (Fsp3) is 0.385. The summed E-state index contributed by atoms with van der Waals surface area (Å²) in [5, 5.41) is 11.5. The standard InChI is InChI=1S/C13H15BrN2O4/c14-10-3-1-7(15)5-9(10)12(17)16-6-8-2-4-11(20-8)13(18)19/h1,3,5,8,11H,2,4,6,15H2,(H,16,17)(H,18,19). The van der Waals surface area contributed by atoms with Gasteiger partial charge in [0.15, 0.2) is 6.10 Å². The van der Waals surface area contributed by atoms with E-state index in [-0.39, 0.29) is 18.6 Å². The molecule has 0 radical (unpaired) electrons. The van der Waals surface area contributed by atoms with Crippen LogP contribution in [0.5, 0.6) is 0 Å². The largest absolute Gasteiger partial charge is 0.479 e. The fourth-order valence-electron chi connectivity index (χ4n) is 2.06. The summed E-state index contributed by atoms with van der Waals surface area (Å²) in [6, 6.07) is 4.98. The summed E-state index contributed by atoms with van der Waals surface area (Å²) in [6.45, 7) is 0.282. The van der Waals surface area contributed by atoms with Crippen molar-refractivity contribution in [1.29, 1.82) is 0 Å². The zero-order chi connectivity index (χ0) is 14.7. The third-order valence-corrected chi connectivity index (χ3v) is 3.80. The number of carboxylic acids is 1. The number of nitrogens with two attached hydrogens (primary N) is 1. The highest BCUT2D eigenvalue weighted by atomic mass is 79.9. The monoisotopic (exact) mass is 342 g/mol. The third kappa shape index (κ3) is 3.49. The zero-order valence-electron chi connectivity index (χ0n) is 10.6. The summed E-state index contributed by atoms with van der Waals surface area (Å²) < 4.78 is 5.97. The molecule has 1 fully saturated rings. The maximum atomic E-state index is 12.0. The van der Waals surface area contributed by atoms with Crippen molar-refractivity contribution in [2.75, 3.05) is 12.3 Å². The normalized spacial score (nSPS) is 21.6. The number of nitrogen functional groups attached to an aromatic ring is 1. The Kier molecular flexibility index (Phi) is 4.61. The number of carbonyl (C=O) groups excluding carboxylic acids is 1. The van der Waals surface area contributed by atoms with Crippen LogP contribution < -0.4 is 11.1 Å². The molecule has 4 N–H and O–H groups in total. The van der Waals surface area contributed by atoms with E-state index < -0.39 is 12.1 Å². The Hall–Kier alpha value is -1.60. The number of hydrogen-bond donors (Lipinski definition) is 3. The molecule has 0 aromatic heterocycles. The summed E-state index contributed by atoms with van der Waals surface area (Å²) in [6.07, 6.45) is 0.0589. The Bertz CT molecular complexity index is 535. The van der Waals surface area contributed by atoms with E-state index in [2.05, 4.69) is 21.2 Å². The molecule has 1 heterocycles. The molecular formula is C13H15BrN2O4. The number of halogens is 1. The smallest absolute Gasteiger partial charge is 0.332 e. The number of carbonyl (C=O) groups is 2. The first-order valence-corrected chi connectivity index (χ1v) is 6.98. The number of rotatable bonds is 4. The van der Waals surface area contributed by atoms with Crippen LogP contribution in [0.4, 0.5) is 5.69 Å². The van der Waals surface area contributed by atoms with Crippen LogP contribution in [0, 0.1) is 0 Å². The first kappa shape index (κ1) is 14.8. The summed E-state index contributed by atoms with van der Waals surface area (Å²) in [4.78, 5) is 22.8. The lowest BCUT2D eigenvalue weighted by Gasteiger charge is -2.13. The quantitative estimate of drug-likeness (QED) is 0.717. The van der Waals surface area contributed by atoms with Crippen LogP contribution in [0.1, 0.15) is 23.2 Å². The van der Waals surface area contributed by atoms with Gasteiger partial charge in [-0.25, -0.2) is 4.79 Å². The van der Waals surface area contributed by atoms with Crippen molar-refractivity contribution in [1.82, 2.24) is 5.32 Å². The first-order chi connectivity index (χ1) is 9.47. The number of hydrogen-bond acceptors (Lipinski definition) is 4. The molecule has 1 aliphatic rings. The van der Waals surface area contributed by atoms with Gasteiger partial charge in [0.05, 0.1) is 11.7 Å². The summed E-state index contributed by atoms with van der Waals surface area (Å²) in [7, 11) is 0. The molecule has 2 rings (SSSR count). The first-order valence-electron chi connectivity index (χ1n) is 6.19. The highest BCUT2D eigenvalue weighted by molar-refractivity contribution is 9.10. The number of benzene rings is 1. The van der Waals surface area contributed by atoms with Crippen molar-refractivity contribution in [2.24, 2.45) is 0 Å². The minimum Gasteiger partial charge on any atom is -0.479 e. The predicted octanol–water partition coefficient (Wildman–Crippen LogP) is 1.39. The van der Waals surface area contributed by atoms with E-state index in [4.69, 9.17) is 15.6 Å². The van der Waals surface area contributed by atoms with Gasteiger partial charge in [-0.3, -0.25) is 4.79 Å². The van der Waals surface area contributed by atoms with Crippen molar-refractivity contribution in [3.05, 3.63) is 28.2 Å². The van der Waals surface area contributed by atoms with E-state index in [0.717, 1.165) is 0 Å². The predicted molar refractivity (Wildman–Crippen MR) is 76.4 cm³/mol. The molecule has 1 aromatic rings. The van der Waals surface area contributed by atoms with Crippen LogP contribution in [0.2, 0.25) is 0 Å². The molecule has 1 saturated heterocycles. The van der Waals surface area contributed by atoms with E-state index >= 15 is 0 Å². The van der Waals surface area contributed by atoms with Gasteiger partial charge in [0, 0.05) is 16.7 Å². The molecule has 7 heteroatoms. The minimum atomic E-state index is -0.961. The van der Waals surface area contributed by atoms with Gasteiger partial charge in [-0.05, 0) is 47.0 Å². The third-order valence-electron chi connectivity index (χ3n) is 3.11. The minimum absolute atomic E-state index is 0.264. The summed E-state index contributed by atoms with van der Waals surface area (Å²) in [5.74, 6) is -1.23. The van der Waals surface area contributed by atoms with Crippen LogP contribution in [-0.4, -0.2) is 35.7 Å². The molecular weight excluding hydrogens is 328 g/mol. The van der Waals surface area contributed by atoms with Crippen LogP contribution in [0.25, 0.3) is 0 Å². The van der Waals surface area contributed by atoms with Gasteiger partial charge in [-0.1, -0.05) is 0 Å². The summed E-state index contributed by atoms with van der Waals surface area (Å²) >= 11 is 3.29. The number of carboxylic acid groups (broad SMARTS) is 1. The van der Waals surface area contributed by atoms with Crippen LogP contribution in [0.15, 0.2) is 22.7 Å². The molecule has 1 aromatic carbocycles. The number of aliphatic carboxylic acids is 1. The van der Waals surface area contributed by atoms with Crippen LogP contribution >= 0.6 is 15.9 Å². The fourth-order valence-corrected chi connectivity index (χ4v) is 2.48. The molecule has 20 heavy (non-hydrogen) atoms. The van der Waals surface area contributed by atoms with E-state index in [1.807, 2.05) is 0 Å². The maximum absolute atomic E-state index is 12.0. The molecule has 0 bridgehead atoms. The van der Waals surface area contributed by atoms with Gasteiger partial charge in [0.1, 0.15) is 0 Å². The molecule has 2 unspecified atom stereocenters. The van der Waals surface area contributed by atoms with Gasteiger partial charge in [0.2, 0.25) is 0 Å². The molecule has 1 amide bonds. The van der Waals surface area contributed by atoms with Crippen molar-refractivity contribution >= 4 is 33.5 Å². The average molecular weight is 343 g/mol. The van der Waals surface area contributed by atoms with Gasteiger partial charge in [-0.15, -0.1) is 0 Å². The van der Waals surface area contributed by atoms with Gasteiger partial charge in [-0.2, -0.15) is 0 Å².